The number of nitrogens with zero attached hydrogens (tertiary/aromatic N) is 3. The highest BCUT2D eigenvalue weighted by atomic mass is 32.2. The lowest BCUT2D eigenvalue weighted by molar-refractivity contribution is -0.139. The predicted molar refractivity (Wildman–Crippen MR) is 114 cm³/mol. The molecule has 10 nitrogen and oxygen atoms in total. The average Bonchev–Trinajstić information content (AvgIpc) is 3.35. The van der Waals surface area contributed by atoms with E-state index in [0.29, 0.717) is 30.8 Å². The molecule has 0 saturated carbocycles. The Kier molecular flexibility index (Phi) is 6.71. The molecule has 0 bridgehead atoms. The second-order valence-electron chi connectivity index (χ2n) is 7.81. The van der Waals surface area contributed by atoms with Crippen LogP contribution in [0.2, 0.25) is 0 Å². The minimum Gasteiger partial charge on any atom is -0.354 e. The van der Waals surface area contributed by atoms with E-state index >= 15 is 0 Å². The van der Waals surface area contributed by atoms with Gasteiger partial charge in [-0.15, -0.1) is 11.8 Å². The van der Waals surface area contributed by atoms with Gasteiger partial charge in [-0.3, -0.25) is 29.5 Å². The van der Waals surface area contributed by atoms with E-state index in [4.69, 9.17) is 0 Å². The zero-order valence-corrected chi connectivity index (χ0v) is 17.9. The Hall–Kier alpha value is -2.66. The predicted octanol–water partition coefficient (Wildman–Crippen LogP) is -1.21. The maximum atomic E-state index is 13.2. The maximum absolute atomic E-state index is 13.2. The molecule has 31 heavy (non-hydrogen) atoms. The van der Waals surface area contributed by atoms with Crippen LogP contribution in [-0.2, 0) is 14.4 Å². The van der Waals surface area contributed by atoms with Crippen LogP contribution >= 0.6 is 11.8 Å². The van der Waals surface area contributed by atoms with Crippen molar-refractivity contribution in [2.75, 3.05) is 37.8 Å². The zero-order valence-electron chi connectivity index (χ0n) is 17.1. The number of pyridine rings is 1. The molecule has 1 aromatic rings. The van der Waals surface area contributed by atoms with Gasteiger partial charge in [0.05, 0.1) is 18.2 Å². The number of aromatic nitrogens is 1. The van der Waals surface area contributed by atoms with E-state index in [0.717, 1.165) is 12.3 Å². The lowest BCUT2D eigenvalue weighted by Gasteiger charge is -2.41. The Morgan fingerprint density at radius 2 is 2.13 bits per heavy atom. The summed E-state index contributed by atoms with van der Waals surface area (Å²) >= 11 is 1.65. The van der Waals surface area contributed by atoms with E-state index < -0.39 is 18.0 Å². The van der Waals surface area contributed by atoms with Gasteiger partial charge >= 0.3 is 0 Å². The van der Waals surface area contributed by atoms with Crippen LogP contribution in [0, 0.1) is 0 Å². The van der Waals surface area contributed by atoms with Crippen LogP contribution in [0.15, 0.2) is 24.5 Å². The van der Waals surface area contributed by atoms with Crippen LogP contribution in [0.5, 0.6) is 0 Å². The number of piperidine rings is 1. The molecule has 0 spiro atoms. The Morgan fingerprint density at radius 3 is 2.84 bits per heavy atom. The van der Waals surface area contributed by atoms with Crippen LogP contribution in [-0.4, -0.2) is 94.3 Å². The van der Waals surface area contributed by atoms with Crippen molar-refractivity contribution in [1.82, 2.24) is 30.7 Å². The Morgan fingerprint density at radius 1 is 1.26 bits per heavy atom. The second-order valence-corrected chi connectivity index (χ2v) is 8.84. The van der Waals surface area contributed by atoms with Crippen LogP contribution < -0.4 is 16.0 Å². The van der Waals surface area contributed by atoms with Gasteiger partial charge in [0.2, 0.25) is 17.7 Å². The third-order valence-corrected chi connectivity index (χ3v) is 6.72. The summed E-state index contributed by atoms with van der Waals surface area (Å²) in [6, 6.07) is 1.52. The number of carbonyl (C=O) groups is 4. The van der Waals surface area contributed by atoms with Gasteiger partial charge in [0.1, 0.15) is 12.1 Å². The van der Waals surface area contributed by atoms with Crippen LogP contribution in [0.25, 0.3) is 0 Å². The van der Waals surface area contributed by atoms with Gasteiger partial charge in [0.25, 0.3) is 5.91 Å². The summed E-state index contributed by atoms with van der Waals surface area (Å²) in [5, 5.41) is 8.69. The van der Waals surface area contributed by atoms with E-state index in [1.807, 2.05) is 0 Å². The van der Waals surface area contributed by atoms with Crippen molar-refractivity contribution in [2.24, 2.45) is 0 Å². The summed E-state index contributed by atoms with van der Waals surface area (Å²) in [6.45, 7) is 1.26. The molecule has 4 heterocycles. The standard InChI is InChI=1S/C20H26N6O4S/c27-17-14(4-2-6-22-17)24-18(28)16-10-25(20(30)15-11-31-12-23-15)7-8-26(16)19(29)13-3-1-5-21-9-13/h1,3,5,9,14-16,23H,2,4,6-8,10-12H2,(H,22,27)(H,24,28)/t14-,15-,16-/m1/s1. The van der Waals surface area contributed by atoms with Crippen molar-refractivity contribution >= 4 is 35.4 Å². The van der Waals surface area contributed by atoms with Crippen molar-refractivity contribution in [1.29, 1.82) is 0 Å². The molecule has 0 unspecified atom stereocenters. The average molecular weight is 447 g/mol. The van der Waals surface area contributed by atoms with Crippen LogP contribution in [0.4, 0.5) is 0 Å². The first-order valence-corrected chi connectivity index (χ1v) is 11.6. The van der Waals surface area contributed by atoms with E-state index in [9.17, 15) is 19.2 Å². The first-order chi connectivity index (χ1) is 15.0. The fourth-order valence-corrected chi connectivity index (χ4v) is 4.99. The normalized spacial score (nSPS) is 26.3. The van der Waals surface area contributed by atoms with Crippen LogP contribution in [0.3, 0.4) is 0 Å². The number of rotatable bonds is 4. The fraction of sp³-hybridized carbons (Fsp3) is 0.550. The fourth-order valence-electron chi connectivity index (χ4n) is 4.06. The lowest BCUT2D eigenvalue weighted by Crippen LogP contribution is -2.64. The molecule has 3 N–H and O–H groups in total. The Bertz CT molecular complexity index is 847. The molecule has 3 aliphatic rings. The molecule has 166 valence electrons. The number of carbonyl (C=O) groups excluding carboxylic acids is 4. The quantitative estimate of drug-likeness (QED) is 0.530. The molecule has 0 aliphatic carbocycles. The zero-order chi connectivity index (χ0) is 21.8. The summed E-state index contributed by atoms with van der Waals surface area (Å²) in [5.41, 5.74) is 0.379. The van der Waals surface area contributed by atoms with Crippen molar-refractivity contribution in [2.45, 2.75) is 31.0 Å². The minimum atomic E-state index is -0.880. The van der Waals surface area contributed by atoms with Gasteiger partial charge in [-0.2, -0.15) is 0 Å². The molecular weight excluding hydrogens is 420 g/mol. The third kappa shape index (κ3) is 4.82. The molecule has 3 aliphatic heterocycles. The van der Waals surface area contributed by atoms with E-state index in [2.05, 4.69) is 20.9 Å². The Labute approximate surface area is 184 Å². The summed E-state index contributed by atoms with van der Waals surface area (Å²) in [4.78, 5) is 58.4. The van der Waals surface area contributed by atoms with Crippen molar-refractivity contribution in [3.05, 3.63) is 30.1 Å². The van der Waals surface area contributed by atoms with Gasteiger partial charge in [-0.1, -0.05) is 0 Å². The van der Waals surface area contributed by atoms with Crippen molar-refractivity contribution in [3.63, 3.8) is 0 Å². The van der Waals surface area contributed by atoms with Gasteiger partial charge in [-0.25, -0.2) is 0 Å². The van der Waals surface area contributed by atoms with E-state index in [-0.39, 0.29) is 36.9 Å². The highest BCUT2D eigenvalue weighted by Crippen LogP contribution is 2.18. The van der Waals surface area contributed by atoms with Gasteiger partial charge in [0, 0.05) is 43.7 Å². The topological polar surface area (TPSA) is 124 Å². The largest absolute Gasteiger partial charge is 0.354 e. The summed E-state index contributed by atoms with van der Waals surface area (Å²) < 4.78 is 0. The first kappa shape index (κ1) is 21.6. The maximum Gasteiger partial charge on any atom is 0.256 e. The van der Waals surface area contributed by atoms with Gasteiger partial charge < -0.3 is 20.4 Å². The second kappa shape index (κ2) is 9.65. The highest BCUT2D eigenvalue weighted by Gasteiger charge is 2.40. The molecule has 3 fully saturated rings. The number of amides is 4. The first-order valence-electron chi connectivity index (χ1n) is 10.4. The molecule has 3 saturated heterocycles. The van der Waals surface area contributed by atoms with Crippen molar-refractivity contribution in [3.8, 4) is 0 Å². The molecule has 1 aromatic heterocycles. The number of hydrogen-bond acceptors (Lipinski definition) is 7. The molecule has 0 radical (unpaired) electrons. The molecule has 3 atom stereocenters. The van der Waals surface area contributed by atoms with E-state index in [1.54, 1.807) is 35.0 Å². The highest BCUT2D eigenvalue weighted by molar-refractivity contribution is 7.99. The third-order valence-electron chi connectivity index (χ3n) is 5.78. The smallest absolute Gasteiger partial charge is 0.256 e. The summed E-state index contributed by atoms with van der Waals surface area (Å²) in [5.74, 6) is 0.379. The number of thioether (sulfide) groups is 1. The van der Waals surface area contributed by atoms with Crippen LogP contribution in [0.1, 0.15) is 23.2 Å². The monoisotopic (exact) mass is 446 g/mol. The number of nitrogens with one attached hydrogen (secondary N) is 3. The van der Waals surface area contributed by atoms with Gasteiger partial charge in [-0.05, 0) is 25.0 Å². The lowest BCUT2D eigenvalue weighted by atomic mass is 10.0. The van der Waals surface area contributed by atoms with Crippen molar-refractivity contribution < 1.29 is 19.2 Å². The van der Waals surface area contributed by atoms with Gasteiger partial charge in [0.15, 0.2) is 0 Å². The SMILES string of the molecule is O=C(N[C@@H]1CCCNC1=O)[C@H]1CN(C(=O)[C@H]2CSCN2)CCN1C(=O)c1cccnc1. The van der Waals surface area contributed by atoms with E-state index in [1.165, 1.54) is 11.1 Å². The summed E-state index contributed by atoms with van der Waals surface area (Å²) in [7, 11) is 0. The number of piperazine rings is 1. The molecule has 11 heteroatoms. The Balaban J connectivity index is 1.52. The summed E-state index contributed by atoms with van der Waals surface area (Å²) in [6.07, 6.45) is 4.36. The molecule has 0 aromatic carbocycles. The minimum absolute atomic E-state index is 0.0633. The molecule has 4 amide bonds. The molecular formula is C20H26N6O4S. The number of hydrogen-bond donors (Lipinski definition) is 3. The molecule has 4 rings (SSSR count).